The smallest absolute Gasteiger partial charge is 0.307 e. The summed E-state index contributed by atoms with van der Waals surface area (Å²) < 4.78 is 7.27. The quantitative estimate of drug-likeness (QED) is 0.346. The monoisotopic (exact) mass is 428 g/mol. The molecule has 1 aromatic carbocycles. The summed E-state index contributed by atoms with van der Waals surface area (Å²) in [6, 6.07) is 15.6. The molecule has 0 aliphatic rings. The molecule has 9 nitrogen and oxygen atoms in total. The van der Waals surface area contributed by atoms with E-state index >= 15 is 0 Å². The minimum atomic E-state index is -0.460. The normalized spacial score (nSPS) is 11.2. The van der Waals surface area contributed by atoms with Crippen molar-refractivity contribution >= 4 is 23.2 Å². The second-order valence-electron chi connectivity index (χ2n) is 6.88. The number of benzene rings is 1. The highest BCUT2D eigenvalue weighted by atomic mass is 16.4. The third-order valence-electron chi connectivity index (χ3n) is 4.57. The Morgan fingerprint density at radius 1 is 1.00 bits per heavy atom. The Bertz CT molecular complexity index is 1250. The molecule has 0 fully saturated rings. The lowest BCUT2D eigenvalue weighted by atomic mass is 10.1. The van der Waals surface area contributed by atoms with Gasteiger partial charge in [-0.25, -0.2) is 5.43 Å². The maximum atomic E-state index is 12.4. The summed E-state index contributed by atoms with van der Waals surface area (Å²) in [6.45, 7) is 2.19. The molecule has 0 aliphatic carbocycles. The Kier molecular flexibility index (Phi) is 6.17. The molecule has 160 valence electrons. The van der Waals surface area contributed by atoms with E-state index in [0.29, 0.717) is 29.3 Å². The number of hydrogen-bond donors (Lipinski definition) is 2. The van der Waals surface area contributed by atoms with Gasteiger partial charge in [0.15, 0.2) is 5.76 Å². The van der Waals surface area contributed by atoms with E-state index in [9.17, 15) is 9.59 Å². The van der Waals surface area contributed by atoms with Gasteiger partial charge in [-0.2, -0.15) is 10.2 Å². The van der Waals surface area contributed by atoms with Gasteiger partial charge >= 0.3 is 5.91 Å². The van der Waals surface area contributed by atoms with Crippen molar-refractivity contribution in [2.45, 2.75) is 13.5 Å². The van der Waals surface area contributed by atoms with Crippen LogP contribution in [0.4, 0.5) is 5.69 Å². The topological polar surface area (TPSA) is 114 Å². The first-order valence-corrected chi connectivity index (χ1v) is 9.81. The fourth-order valence-electron chi connectivity index (χ4n) is 2.92. The molecule has 0 spiro atoms. The van der Waals surface area contributed by atoms with Crippen molar-refractivity contribution in [1.29, 1.82) is 0 Å². The number of hydrogen-bond acceptors (Lipinski definition) is 6. The number of furan rings is 1. The molecule has 4 rings (SSSR count). The summed E-state index contributed by atoms with van der Waals surface area (Å²) in [5.41, 5.74) is 4.93. The fourth-order valence-corrected chi connectivity index (χ4v) is 2.92. The first-order chi connectivity index (χ1) is 15.6. The standard InChI is InChI=1S/C23H20N6O3/c1-16(18-4-2-5-19(14-18)26-22(30)17-8-11-24-12-9-17)27-28-23(31)21-7-6-20(32-21)15-29-13-3-10-25-29/h2-14H,15H2,1H3,(H,26,30)(H,28,31)/b27-16-. The highest BCUT2D eigenvalue weighted by Crippen LogP contribution is 2.14. The van der Waals surface area contributed by atoms with Crippen molar-refractivity contribution in [3.05, 3.63) is 102 Å². The van der Waals surface area contributed by atoms with E-state index in [2.05, 4.69) is 25.9 Å². The number of hydrazone groups is 1. The van der Waals surface area contributed by atoms with Crippen LogP contribution in [0.2, 0.25) is 0 Å². The van der Waals surface area contributed by atoms with Gasteiger partial charge in [-0.05, 0) is 55.0 Å². The Labute approximate surface area is 183 Å². The van der Waals surface area contributed by atoms with Crippen molar-refractivity contribution in [2.24, 2.45) is 5.10 Å². The Morgan fingerprint density at radius 2 is 1.84 bits per heavy atom. The van der Waals surface area contributed by atoms with Gasteiger partial charge in [0.1, 0.15) is 5.76 Å². The number of rotatable bonds is 7. The lowest BCUT2D eigenvalue weighted by molar-refractivity contribution is 0.0924. The number of pyridine rings is 1. The lowest BCUT2D eigenvalue weighted by Crippen LogP contribution is -2.19. The van der Waals surface area contributed by atoms with Crippen LogP contribution in [0, 0.1) is 0 Å². The average molecular weight is 428 g/mol. The van der Waals surface area contributed by atoms with E-state index < -0.39 is 5.91 Å². The van der Waals surface area contributed by atoms with Crippen LogP contribution in [0.15, 0.2) is 88.9 Å². The Balaban J connectivity index is 1.38. The number of carbonyl (C=O) groups excluding carboxylic acids is 2. The van der Waals surface area contributed by atoms with Gasteiger partial charge in [-0.1, -0.05) is 12.1 Å². The van der Waals surface area contributed by atoms with E-state index in [1.165, 1.54) is 0 Å². The van der Waals surface area contributed by atoms with Crippen molar-refractivity contribution in [2.75, 3.05) is 5.32 Å². The van der Waals surface area contributed by atoms with E-state index in [0.717, 1.165) is 5.56 Å². The van der Waals surface area contributed by atoms with Crippen LogP contribution < -0.4 is 10.7 Å². The SMILES string of the molecule is C/C(=N/NC(=O)c1ccc(Cn2cccn2)o1)c1cccc(NC(=O)c2ccncc2)c1. The van der Waals surface area contributed by atoms with E-state index in [4.69, 9.17) is 4.42 Å². The van der Waals surface area contributed by atoms with Gasteiger partial charge < -0.3 is 9.73 Å². The summed E-state index contributed by atoms with van der Waals surface area (Å²) in [5.74, 6) is 0.0636. The summed E-state index contributed by atoms with van der Waals surface area (Å²) >= 11 is 0. The zero-order valence-electron chi connectivity index (χ0n) is 17.2. The predicted octanol–water partition coefficient (Wildman–Crippen LogP) is 3.33. The van der Waals surface area contributed by atoms with Gasteiger partial charge in [0, 0.05) is 36.0 Å². The summed E-state index contributed by atoms with van der Waals surface area (Å²) in [7, 11) is 0. The molecule has 9 heteroatoms. The van der Waals surface area contributed by atoms with E-state index in [1.807, 2.05) is 18.3 Å². The molecular weight excluding hydrogens is 408 g/mol. The summed E-state index contributed by atoms with van der Waals surface area (Å²) in [5, 5.41) is 11.1. The van der Waals surface area contributed by atoms with E-state index in [-0.39, 0.29) is 11.7 Å². The molecule has 0 unspecified atom stereocenters. The first kappa shape index (κ1) is 20.7. The lowest BCUT2D eigenvalue weighted by Gasteiger charge is -2.07. The third kappa shape index (κ3) is 5.14. The number of nitrogens with zero attached hydrogens (tertiary/aromatic N) is 4. The molecule has 32 heavy (non-hydrogen) atoms. The minimum absolute atomic E-state index is 0.155. The fraction of sp³-hybridized carbons (Fsp3) is 0.0870. The van der Waals surface area contributed by atoms with Crippen LogP contribution in [0.25, 0.3) is 0 Å². The maximum absolute atomic E-state index is 12.4. The largest absolute Gasteiger partial charge is 0.454 e. The number of aromatic nitrogens is 3. The van der Waals surface area contributed by atoms with Crippen molar-refractivity contribution < 1.29 is 14.0 Å². The van der Waals surface area contributed by atoms with Crippen molar-refractivity contribution in [3.63, 3.8) is 0 Å². The molecule has 3 heterocycles. The number of amides is 2. The number of anilines is 1. The van der Waals surface area contributed by atoms with Gasteiger partial charge in [0.2, 0.25) is 0 Å². The molecule has 0 aliphatic heterocycles. The molecule has 0 saturated heterocycles. The highest BCUT2D eigenvalue weighted by Gasteiger charge is 2.12. The van der Waals surface area contributed by atoms with Crippen LogP contribution in [0.3, 0.4) is 0 Å². The molecule has 0 saturated carbocycles. The number of carbonyl (C=O) groups is 2. The van der Waals surface area contributed by atoms with Gasteiger partial charge in [-0.15, -0.1) is 0 Å². The van der Waals surface area contributed by atoms with Crippen LogP contribution in [-0.4, -0.2) is 32.3 Å². The third-order valence-corrected chi connectivity index (χ3v) is 4.57. The van der Waals surface area contributed by atoms with Crippen LogP contribution in [0.5, 0.6) is 0 Å². The second-order valence-corrected chi connectivity index (χ2v) is 6.88. The zero-order chi connectivity index (χ0) is 22.3. The van der Waals surface area contributed by atoms with E-state index in [1.54, 1.807) is 72.7 Å². The highest BCUT2D eigenvalue weighted by molar-refractivity contribution is 6.05. The molecule has 3 aromatic heterocycles. The molecule has 2 amide bonds. The molecular formula is C23H20N6O3. The molecule has 0 radical (unpaired) electrons. The maximum Gasteiger partial charge on any atom is 0.307 e. The van der Waals surface area contributed by atoms with Gasteiger partial charge in [-0.3, -0.25) is 19.3 Å². The Hall–Kier alpha value is -4.53. The molecule has 0 bridgehead atoms. The van der Waals surface area contributed by atoms with Crippen molar-refractivity contribution in [3.8, 4) is 0 Å². The Morgan fingerprint density at radius 3 is 2.62 bits per heavy atom. The molecule has 0 atom stereocenters. The van der Waals surface area contributed by atoms with Crippen LogP contribution >= 0.6 is 0 Å². The average Bonchev–Trinajstić information content (AvgIpc) is 3.51. The van der Waals surface area contributed by atoms with Gasteiger partial charge in [0.25, 0.3) is 5.91 Å². The van der Waals surface area contributed by atoms with Gasteiger partial charge in [0.05, 0.1) is 12.3 Å². The zero-order valence-corrected chi connectivity index (χ0v) is 17.2. The minimum Gasteiger partial charge on any atom is -0.454 e. The number of nitrogens with one attached hydrogen (secondary N) is 2. The van der Waals surface area contributed by atoms with Crippen LogP contribution in [0.1, 0.15) is 39.2 Å². The second kappa shape index (κ2) is 9.52. The predicted molar refractivity (Wildman–Crippen MR) is 118 cm³/mol. The van der Waals surface area contributed by atoms with Crippen molar-refractivity contribution in [1.82, 2.24) is 20.2 Å². The first-order valence-electron chi connectivity index (χ1n) is 9.81. The summed E-state index contributed by atoms with van der Waals surface area (Å²) in [6.07, 6.45) is 6.60. The molecule has 2 N–H and O–H groups in total. The molecule has 4 aromatic rings. The summed E-state index contributed by atoms with van der Waals surface area (Å²) in [4.78, 5) is 28.6. The van der Waals surface area contributed by atoms with Crippen LogP contribution in [-0.2, 0) is 6.54 Å².